The number of aryl methyl sites for hydroxylation is 2. The van der Waals surface area contributed by atoms with Crippen molar-refractivity contribution >= 4 is 33.4 Å². The predicted octanol–water partition coefficient (Wildman–Crippen LogP) is 5.61. The van der Waals surface area contributed by atoms with E-state index in [1.54, 1.807) is 30.0 Å². The van der Waals surface area contributed by atoms with Crippen LogP contribution in [-0.4, -0.2) is 24.5 Å². The van der Waals surface area contributed by atoms with Crippen molar-refractivity contribution in [3.63, 3.8) is 0 Å². The first-order valence-corrected chi connectivity index (χ1v) is 12.6. The van der Waals surface area contributed by atoms with Crippen LogP contribution in [0.15, 0.2) is 64.6 Å². The van der Waals surface area contributed by atoms with Crippen LogP contribution < -0.4 is 4.72 Å². The number of aromatic nitrogens is 1. The molecule has 3 aromatic rings. The summed E-state index contributed by atoms with van der Waals surface area (Å²) in [5, 5.41) is 10.2. The maximum absolute atomic E-state index is 12.8. The number of benzene rings is 2. The van der Waals surface area contributed by atoms with Crippen LogP contribution >= 0.6 is 11.8 Å². The van der Waals surface area contributed by atoms with Crippen molar-refractivity contribution < 1.29 is 18.3 Å². The van der Waals surface area contributed by atoms with Crippen molar-refractivity contribution in [3.05, 3.63) is 82.5 Å². The Morgan fingerprint density at radius 3 is 2.41 bits per heavy atom. The average molecular weight is 471 g/mol. The lowest BCUT2D eigenvalue weighted by atomic mass is 9.97. The van der Waals surface area contributed by atoms with Gasteiger partial charge in [-0.15, -0.1) is 11.8 Å². The molecule has 32 heavy (non-hydrogen) atoms. The maximum atomic E-state index is 12.8. The van der Waals surface area contributed by atoms with Crippen molar-refractivity contribution in [2.24, 2.45) is 0 Å². The summed E-state index contributed by atoms with van der Waals surface area (Å²) in [6.07, 6.45) is 1.46. The number of carbonyl (C=O) groups is 1. The van der Waals surface area contributed by atoms with Gasteiger partial charge in [0.25, 0.3) is 10.0 Å². The topological polar surface area (TPSA) is 96.4 Å². The second kappa shape index (κ2) is 9.75. The normalized spacial score (nSPS) is 11.5. The minimum Gasteiger partial charge on any atom is -0.478 e. The molecule has 0 saturated heterocycles. The minimum absolute atomic E-state index is 0.0147. The highest BCUT2D eigenvalue weighted by molar-refractivity contribution is 7.98. The Labute approximate surface area is 193 Å². The fourth-order valence-corrected chi connectivity index (χ4v) is 5.04. The number of aromatic carboxylic acids is 1. The predicted molar refractivity (Wildman–Crippen MR) is 128 cm³/mol. The molecule has 6 nitrogen and oxygen atoms in total. The maximum Gasteiger partial charge on any atom is 0.336 e. The van der Waals surface area contributed by atoms with Crippen LogP contribution in [0.1, 0.15) is 52.4 Å². The van der Waals surface area contributed by atoms with Crippen molar-refractivity contribution in [1.29, 1.82) is 0 Å². The third kappa shape index (κ3) is 5.69. The monoisotopic (exact) mass is 470 g/mol. The van der Waals surface area contributed by atoms with Gasteiger partial charge in [-0.2, -0.15) is 0 Å². The highest BCUT2D eigenvalue weighted by atomic mass is 32.2. The number of hydrogen-bond acceptors (Lipinski definition) is 5. The second-order valence-electron chi connectivity index (χ2n) is 7.91. The molecule has 0 amide bonds. The van der Waals surface area contributed by atoms with Crippen LogP contribution in [0.5, 0.6) is 0 Å². The van der Waals surface area contributed by atoms with E-state index < -0.39 is 16.0 Å². The van der Waals surface area contributed by atoms with E-state index >= 15 is 0 Å². The molecule has 0 unspecified atom stereocenters. The minimum atomic E-state index is -3.95. The molecule has 0 saturated carbocycles. The Balaban J connectivity index is 1.72. The van der Waals surface area contributed by atoms with E-state index in [2.05, 4.69) is 41.8 Å². The molecule has 2 aromatic carbocycles. The number of rotatable bonds is 8. The highest BCUT2D eigenvalue weighted by Gasteiger charge is 2.20. The van der Waals surface area contributed by atoms with E-state index in [1.165, 1.54) is 35.0 Å². The zero-order chi connectivity index (χ0) is 23.5. The first kappa shape index (κ1) is 23.8. The fourth-order valence-electron chi connectivity index (χ4n) is 3.18. The number of sulfonamides is 1. The third-order valence-electron chi connectivity index (χ3n) is 5.13. The summed E-state index contributed by atoms with van der Waals surface area (Å²) in [5.74, 6) is -0.430. The van der Waals surface area contributed by atoms with Crippen LogP contribution in [0.3, 0.4) is 0 Å². The average Bonchev–Trinajstić information content (AvgIpc) is 2.74. The number of nitrogens with zero attached hydrogens (tertiary/aromatic N) is 1. The summed E-state index contributed by atoms with van der Waals surface area (Å²) in [6.45, 7) is 7.88. The molecule has 0 spiro atoms. The van der Waals surface area contributed by atoms with Crippen LogP contribution in [-0.2, 0) is 15.8 Å². The van der Waals surface area contributed by atoms with Crippen molar-refractivity contribution in [1.82, 2.24) is 4.98 Å². The van der Waals surface area contributed by atoms with Gasteiger partial charge in [-0.25, -0.2) is 18.2 Å². The molecule has 0 fully saturated rings. The van der Waals surface area contributed by atoms with Crippen molar-refractivity contribution in [2.45, 2.75) is 49.3 Å². The van der Waals surface area contributed by atoms with E-state index in [1.807, 2.05) is 13.8 Å². The highest BCUT2D eigenvalue weighted by Crippen LogP contribution is 2.26. The second-order valence-corrected chi connectivity index (χ2v) is 10.6. The Morgan fingerprint density at radius 2 is 1.81 bits per heavy atom. The van der Waals surface area contributed by atoms with Crippen LogP contribution in [0.25, 0.3) is 0 Å². The molecule has 1 heterocycles. The molecule has 0 aliphatic rings. The van der Waals surface area contributed by atoms with Gasteiger partial charge in [-0.05, 0) is 66.3 Å². The van der Waals surface area contributed by atoms with Gasteiger partial charge in [0.05, 0.1) is 27.4 Å². The molecule has 0 radical (unpaired) electrons. The van der Waals surface area contributed by atoms with E-state index in [0.29, 0.717) is 11.3 Å². The number of thioether (sulfide) groups is 1. The van der Waals surface area contributed by atoms with E-state index in [9.17, 15) is 18.3 Å². The van der Waals surface area contributed by atoms with Gasteiger partial charge in [0.2, 0.25) is 0 Å². The smallest absolute Gasteiger partial charge is 0.336 e. The number of pyridine rings is 1. The van der Waals surface area contributed by atoms with Gasteiger partial charge < -0.3 is 5.11 Å². The Bertz CT molecular complexity index is 1240. The summed E-state index contributed by atoms with van der Waals surface area (Å²) < 4.78 is 28.0. The SMILES string of the molecule is Cc1ccc(CSc2ccc(NS(=O)(=O)c3ccc(C(C)C)c(C(=O)O)c3)cn2)cc1C. The molecular weight excluding hydrogens is 444 g/mol. The van der Waals surface area contributed by atoms with Gasteiger partial charge >= 0.3 is 5.97 Å². The Hall–Kier alpha value is -2.84. The molecule has 3 rings (SSSR count). The lowest BCUT2D eigenvalue weighted by Crippen LogP contribution is -2.15. The molecular formula is C24H26N2O4S2. The van der Waals surface area contributed by atoms with Gasteiger partial charge in [0, 0.05) is 5.75 Å². The molecule has 1 aromatic heterocycles. The Kier molecular flexibility index (Phi) is 7.26. The van der Waals surface area contributed by atoms with Gasteiger partial charge in [-0.3, -0.25) is 4.72 Å². The summed E-state index contributed by atoms with van der Waals surface area (Å²) in [6, 6.07) is 13.9. The lowest BCUT2D eigenvalue weighted by molar-refractivity contribution is 0.0695. The summed E-state index contributed by atoms with van der Waals surface area (Å²) in [4.78, 5) is 15.8. The number of hydrogen-bond donors (Lipinski definition) is 2. The van der Waals surface area contributed by atoms with E-state index in [0.717, 1.165) is 10.8 Å². The third-order valence-corrected chi connectivity index (χ3v) is 7.53. The number of carboxylic acids is 1. The molecule has 168 valence electrons. The quantitative estimate of drug-likeness (QED) is 0.415. The van der Waals surface area contributed by atoms with Crippen molar-refractivity contribution in [3.8, 4) is 0 Å². The lowest BCUT2D eigenvalue weighted by Gasteiger charge is -2.13. The van der Waals surface area contributed by atoms with Gasteiger partial charge in [-0.1, -0.05) is 38.1 Å². The molecule has 0 atom stereocenters. The standard InChI is InChI=1S/C24H26N2O4S2/c1-15(2)21-9-8-20(12-22(21)24(27)28)32(29,30)26-19-7-10-23(25-13-19)31-14-18-6-5-16(3)17(4)11-18/h5-13,15,26H,14H2,1-4H3,(H,27,28). The number of anilines is 1. The summed E-state index contributed by atoms with van der Waals surface area (Å²) in [7, 11) is -3.95. The van der Waals surface area contributed by atoms with Crippen molar-refractivity contribution in [2.75, 3.05) is 4.72 Å². The van der Waals surface area contributed by atoms with Gasteiger partial charge in [0.1, 0.15) is 0 Å². The largest absolute Gasteiger partial charge is 0.478 e. The zero-order valence-electron chi connectivity index (χ0n) is 18.4. The first-order chi connectivity index (χ1) is 15.1. The Morgan fingerprint density at radius 1 is 1.06 bits per heavy atom. The van der Waals surface area contributed by atoms with Gasteiger partial charge in [0.15, 0.2) is 0 Å². The molecule has 0 aliphatic carbocycles. The zero-order valence-corrected chi connectivity index (χ0v) is 20.0. The van der Waals surface area contributed by atoms with E-state index in [-0.39, 0.29) is 16.4 Å². The molecule has 0 aliphatic heterocycles. The summed E-state index contributed by atoms with van der Waals surface area (Å²) >= 11 is 1.57. The fraction of sp³-hybridized carbons (Fsp3) is 0.250. The molecule has 0 bridgehead atoms. The number of nitrogens with one attached hydrogen (secondary N) is 1. The molecule has 2 N–H and O–H groups in total. The first-order valence-electron chi connectivity index (χ1n) is 10.1. The van der Waals surface area contributed by atoms with Crippen LogP contribution in [0.2, 0.25) is 0 Å². The number of carboxylic acid groups (broad SMARTS) is 1. The van der Waals surface area contributed by atoms with E-state index in [4.69, 9.17) is 0 Å². The van der Waals surface area contributed by atoms with Crippen LogP contribution in [0.4, 0.5) is 5.69 Å². The summed E-state index contributed by atoms with van der Waals surface area (Å²) in [5.41, 5.74) is 4.58. The van der Waals surface area contributed by atoms with Crippen LogP contribution in [0, 0.1) is 13.8 Å². The molecule has 8 heteroatoms.